The van der Waals surface area contributed by atoms with Gasteiger partial charge in [-0.05, 0) is 56.7 Å². The molecule has 1 fully saturated rings. The number of allylic oxidation sites excluding steroid dienone is 2. The van der Waals surface area contributed by atoms with Gasteiger partial charge in [0.2, 0.25) is 11.8 Å². The van der Waals surface area contributed by atoms with Crippen LogP contribution in [0.15, 0.2) is 72.8 Å². The molecule has 2 N–H and O–H groups in total. The van der Waals surface area contributed by atoms with E-state index in [-0.39, 0.29) is 31.5 Å². The van der Waals surface area contributed by atoms with E-state index < -0.39 is 30.1 Å². The van der Waals surface area contributed by atoms with E-state index in [4.69, 9.17) is 18.9 Å². The van der Waals surface area contributed by atoms with Crippen molar-refractivity contribution < 1.29 is 38.2 Å². The van der Waals surface area contributed by atoms with Crippen molar-refractivity contribution in [3.05, 3.63) is 78.4 Å². The highest BCUT2D eigenvalue weighted by Crippen LogP contribution is 2.24. The number of methoxy groups -OCH3 is 2. The van der Waals surface area contributed by atoms with Crippen LogP contribution < -0.4 is 24.4 Å². The molecule has 12 nitrogen and oxygen atoms in total. The Bertz CT molecular complexity index is 1600. The predicted molar refractivity (Wildman–Crippen MR) is 187 cm³/mol. The van der Waals surface area contributed by atoms with Crippen molar-refractivity contribution in [2.24, 2.45) is 0 Å². The number of carbonyl (C=O) groups excluding carboxylic acids is 3. The number of urea groups is 1. The SMILES string of the molecule is CCOC(=O)C1CCC=CCCCCCN(Cc2ccc(OC)cc2)C(=O)[NH+]2CC(Oc3cc(OC)nc(-c4ccccc4)n3)CC2C(=O)N1. The summed E-state index contributed by atoms with van der Waals surface area (Å²) in [5, 5.41) is 2.93. The van der Waals surface area contributed by atoms with Gasteiger partial charge in [0.25, 0.3) is 5.91 Å². The number of nitrogens with zero attached hydrogens (tertiary/aromatic N) is 3. The van der Waals surface area contributed by atoms with Crippen LogP contribution in [-0.4, -0.2) is 84.9 Å². The quantitative estimate of drug-likeness (QED) is 0.252. The van der Waals surface area contributed by atoms with Gasteiger partial charge >= 0.3 is 12.0 Å². The molecule has 1 aromatic heterocycles. The molecule has 2 aliphatic heterocycles. The van der Waals surface area contributed by atoms with Crippen molar-refractivity contribution in [3.8, 4) is 28.9 Å². The summed E-state index contributed by atoms with van der Waals surface area (Å²) in [7, 11) is 3.14. The molecule has 4 unspecified atom stereocenters. The lowest BCUT2D eigenvalue weighted by Crippen LogP contribution is -3.19. The monoisotopic (exact) mass is 686 g/mol. The van der Waals surface area contributed by atoms with Crippen LogP contribution in [-0.2, 0) is 20.9 Å². The van der Waals surface area contributed by atoms with Gasteiger partial charge in [0.1, 0.15) is 18.3 Å². The zero-order valence-electron chi connectivity index (χ0n) is 29.1. The molecule has 12 heteroatoms. The Labute approximate surface area is 293 Å². The maximum Gasteiger partial charge on any atom is 0.418 e. The molecule has 1 saturated heterocycles. The molecule has 50 heavy (non-hydrogen) atoms. The van der Waals surface area contributed by atoms with Crippen molar-refractivity contribution in [2.75, 3.05) is 33.9 Å². The fourth-order valence-corrected chi connectivity index (χ4v) is 6.33. The Kier molecular flexibility index (Phi) is 13.2. The Morgan fingerprint density at radius 2 is 1.70 bits per heavy atom. The highest BCUT2D eigenvalue weighted by Gasteiger charge is 2.48. The maximum absolute atomic E-state index is 14.5. The smallest absolute Gasteiger partial charge is 0.418 e. The van der Waals surface area contributed by atoms with Crippen molar-refractivity contribution in [2.45, 2.75) is 76.6 Å². The van der Waals surface area contributed by atoms with Crippen LogP contribution in [0.4, 0.5) is 4.79 Å². The van der Waals surface area contributed by atoms with E-state index in [0.29, 0.717) is 42.5 Å². The lowest BCUT2D eigenvalue weighted by molar-refractivity contribution is -0.824. The first-order chi connectivity index (χ1) is 24.4. The van der Waals surface area contributed by atoms with Gasteiger partial charge in [-0.15, -0.1) is 0 Å². The van der Waals surface area contributed by atoms with Gasteiger partial charge in [0.05, 0.1) is 39.9 Å². The van der Waals surface area contributed by atoms with Crippen LogP contribution in [0.25, 0.3) is 11.4 Å². The van der Waals surface area contributed by atoms with Crippen LogP contribution in [0, 0.1) is 0 Å². The minimum Gasteiger partial charge on any atom is -0.497 e. The molecular formula is C38H48N5O7+. The summed E-state index contributed by atoms with van der Waals surface area (Å²) in [6.07, 6.45) is 8.54. The minimum absolute atomic E-state index is 0.197. The van der Waals surface area contributed by atoms with Crippen LogP contribution in [0.5, 0.6) is 17.5 Å². The number of nitrogens with one attached hydrogen (secondary N) is 2. The standard InChI is InChI=1S/C38H47N5O7/c1-4-49-37(45)31-17-13-8-6-5-7-9-14-22-42(25-27-18-20-29(47-2)21-19-27)38(46)43-26-30(23-32(43)36(44)39-31)50-34-24-33(48-3)40-35(41-34)28-15-11-10-12-16-28/h6,8,10-12,15-16,18-21,24,30-32H,4-5,7,9,13-14,17,22-23,25-26H2,1-3H3,(H,39,44)/p+1. The van der Waals surface area contributed by atoms with Crippen LogP contribution >= 0.6 is 0 Å². The Balaban J connectivity index is 1.45. The number of ether oxygens (including phenoxy) is 4. The van der Waals surface area contributed by atoms with Gasteiger partial charge in [-0.1, -0.05) is 61.0 Å². The number of benzene rings is 2. The second kappa shape index (κ2) is 18.1. The first kappa shape index (κ1) is 36.3. The van der Waals surface area contributed by atoms with Crippen molar-refractivity contribution in [3.63, 3.8) is 0 Å². The van der Waals surface area contributed by atoms with E-state index in [9.17, 15) is 14.4 Å². The number of esters is 1. The predicted octanol–water partition coefficient (Wildman–Crippen LogP) is 4.15. The Morgan fingerprint density at radius 3 is 2.44 bits per heavy atom. The third-order valence-corrected chi connectivity index (χ3v) is 8.96. The first-order valence-electron chi connectivity index (χ1n) is 17.4. The summed E-state index contributed by atoms with van der Waals surface area (Å²) in [5.41, 5.74) is 1.74. The van der Waals surface area contributed by atoms with Crippen molar-refractivity contribution in [1.29, 1.82) is 0 Å². The molecule has 2 aromatic carbocycles. The molecule has 2 aliphatic rings. The minimum atomic E-state index is -0.841. The van der Waals surface area contributed by atoms with Crippen LogP contribution in [0.1, 0.15) is 57.4 Å². The zero-order chi connectivity index (χ0) is 35.3. The fraction of sp³-hybridized carbons (Fsp3) is 0.447. The largest absolute Gasteiger partial charge is 0.497 e. The Morgan fingerprint density at radius 1 is 0.940 bits per heavy atom. The number of rotatable bonds is 9. The molecular weight excluding hydrogens is 638 g/mol. The average molecular weight is 687 g/mol. The Hall–Kier alpha value is -4.97. The van der Waals surface area contributed by atoms with E-state index in [1.165, 1.54) is 7.11 Å². The normalized spacial score (nSPS) is 21.9. The third kappa shape index (κ3) is 9.81. The molecule has 4 atom stereocenters. The molecule has 5 rings (SSSR count). The van der Waals surface area contributed by atoms with Crippen molar-refractivity contribution >= 4 is 17.9 Å². The molecule has 0 radical (unpaired) electrons. The third-order valence-electron chi connectivity index (χ3n) is 8.96. The topological polar surface area (TPSA) is 134 Å². The number of fused-ring (bicyclic) bond motifs is 1. The highest BCUT2D eigenvalue weighted by atomic mass is 16.5. The number of hydrogen-bond donors (Lipinski definition) is 2. The number of carbonyl (C=O) groups is 3. The fourth-order valence-electron chi connectivity index (χ4n) is 6.33. The summed E-state index contributed by atoms with van der Waals surface area (Å²) in [6.45, 7) is 3.06. The van der Waals surface area contributed by atoms with Gasteiger partial charge in [-0.2, -0.15) is 9.97 Å². The van der Waals surface area contributed by atoms with E-state index in [0.717, 1.165) is 42.6 Å². The van der Waals surface area contributed by atoms with Gasteiger partial charge in [-0.25, -0.2) is 14.5 Å². The summed E-state index contributed by atoms with van der Waals surface area (Å²) in [6, 6.07) is 16.9. The molecule has 0 saturated carbocycles. The molecule has 3 heterocycles. The van der Waals surface area contributed by atoms with Gasteiger partial charge in [0, 0.05) is 12.1 Å². The van der Waals surface area contributed by atoms with Crippen LogP contribution in [0.3, 0.4) is 0 Å². The number of hydrogen-bond acceptors (Lipinski definition) is 9. The summed E-state index contributed by atoms with van der Waals surface area (Å²) in [5.74, 6) is 0.881. The van der Waals surface area contributed by atoms with E-state index >= 15 is 0 Å². The molecule has 3 amide bonds. The molecule has 3 aromatic rings. The lowest BCUT2D eigenvalue weighted by atomic mass is 10.1. The highest BCUT2D eigenvalue weighted by molar-refractivity contribution is 5.88. The number of amides is 3. The molecule has 0 aliphatic carbocycles. The van der Waals surface area contributed by atoms with E-state index in [1.54, 1.807) is 20.1 Å². The second-order valence-corrected chi connectivity index (χ2v) is 12.5. The lowest BCUT2D eigenvalue weighted by Gasteiger charge is -2.28. The van der Waals surface area contributed by atoms with E-state index in [2.05, 4.69) is 27.4 Å². The summed E-state index contributed by atoms with van der Waals surface area (Å²) in [4.78, 5) is 53.0. The van der Waals surface area contributed by atoms with Crippen molar-refractivity contribution in [1.82, 2.24) is 20.2 Å². The van der Waals surface area contributed by atoms with E-state index in [1.807, 2.05) is 59.5 Å². The second-order valence-electron chi connectivity index (χ2n) is 12.5. The molecule has 0 spiro atoms. The average Bonchev–Trinajstić information content (AvgIpc) is 3.56. The molecule has 266 valence electrons. The maximum atomic E-state index is 14.5. The summed E-state index contributed by atoms with van der Waals surface area (Å²) < 4.78 is 22.5. The number of aromatic nitrogens is 2. The van der Waals surface area contributed by atoms with Gasteiger partial charge in [0.15, 0.2) is 18.0 Å². The molecule has 0 bridgehead atoms. The van der Waals surface area contributed by atoms with Gasteiger partial charge < -0.3 is 24.3 Å². The first-order valence-corrected chi connectivity index (χ1v) is 17.4. The van der Waals surface area contributed by atoms with Gasteiger partial charge in [-0.3, -0.25) is 9.69 Å². The summed E-state index contributed by atoms with van der Waals surface area (Å²) >= 11 is 0. The number of quaternary nitrogens is 1. The zero-order valence-corrected chi connectivity index (χ0v) is 29.1. The van der Waals surface area contributed by atoms with Crippen LogP contribution in [0.2, 0.25) is 0 Å².